The molecule has 0 aliphatic carbocycles. The van der Waals surface area contributed by atoms with Gasteiger partial charge in [-0.15, -0.1) is 0 Å². The van der Waals surface area contributed by atoms with Crippen LogP contribution in [-0.2, 0) is 4.79 Å². The molecule has 0 spiro atoms. The highest BCUT2D eigenvalue weighted by atomic mass is 19.1. The van der Waals surface area contributed by atoms with Gasteiger partial charge in [0.2, 0.25) is 5.88 Å². The second kappa shape index (κ2) is 11.3. The smallest absolute Gasteiger partial charge is 0.261 e. The molecule has 41 heavy (non-hydrogen) atoms. The van der Waals surface area contributed by atoms with Crippen molar-refractivity contribution in [2.75, 3.05) is 39.3 Å². The monoisotopic (exact) mass is 562 g/mol. The lowest BCUT2D eigenvalue weighted by atomic mass is 10.0. The van der Waals surface area contributed by atoms with Crippen LogP contribution in [0.3, 0.4) is 0 Å². The summed E-state index contributed by atoms with van der Waals surface area (Å²) in [4.78, 5) is 25.3. The van der Waals surface area contributed by atoms with Gasteiger partial charge < -0.3 is 24.2 Å². The van der Waals surface area contributed by atoms with Crippen LogP contribution in [0.2, 0.25) is 0 Å². The molecule has 1 N–H and O–H groups in total. The number of ether oxygens (including phenoxy) is 3. The molecule has 0 radical (unpaired) electrons. The Labute approximate surface area is 235 Å². The van der Waals surface area contributed by atoms with Crippen molar-refractivity contribution < 1.29 is 32.9 Å². The van der Waals surface area contributed by atoms with E-state index in [0.29, 0.717) is 34.9 Å². The number of rotatable bonds is 7. The second-order valence-corrected chi connectivity index (χ2v) is 9.42. The van der Waals surface area contributed by atoms with Gasteiger partial charge in [-0.25, -0.2) is 13.8 Å². The van der Waals surface area contributed by atoms with Crippen molar-refractivity contribution in [1.29, 1.82) is 0 Å². The number of anilines is 1. The van der Waals surface area contributed by atoms with Crippen molar-refractivity contribution in [1.82, 2.24) is 9.88 Å². The third kappa shape index (κ3) is 5.06. The number of para-hydroxylation sites is 1. The molecule has 2 aliphatic heterocycles. The number of carbonyl (C=O) groups is 1. The maximum atomic E-state index is 14.4. The molecular weight excluding hydrogens is 534 g/mol. The lowest BCUT2D eigenvalue weighted by Gasteiger charge is -2.33. The van der Waals surface area contributed by atoms with E-state index in [9.17, 15) is 18.7 Å². The van der Waals surface area contributed by atoms with Crippen LogP contribution in [0, 0.1) is 11.6 Å². The maximum absolute atomic E-state index is 14.4. The van der Waals surface area contributed by atoms with Gasteiger partial charge in [0.25, 0.3) is 5.91 Å². The molecule has 3 heterocycles. The first kappa shape index (κ1) is 27.6. The molecule has 9 nitrogen and oxygen atoms in total. The number of aliphatic hydroxyl groups excluding tert-OH is 1. The summed E-state index contributed by atoms with van der Waals surface area (Å²) in [5.74, 6) is -1.47. The number of halogens is 2. The van der Waals surface area contributed by atoms with Gasteiger partial charge in [-0.2, -0.15) is 0 Å². The third-order valence-electron chi connectivity index (χ3n) is 7.04. The van der Waals surface area contributed by atoms with Crippen LogP contribution < -0.4 is 19.1 Å². The van der Waals surface area contributed by atoms with Gasteiger partial charge in [0.1, 0.15) is 46.0 Å². The number of amides is 1. The van der Waals surface area contributed by atoms with Crippen LogP contribution in [0.1, 0.15) is 23.6 Å². The average molecular weight is 563 g/mol. The molecule has 2 aliphatic rings. The standard InChI is InChI=1S/C30H28F2N4O5/c1-17-25(29(37)35-12-11-19(16-35)26-22(32)14-20(31)15-33-26)30(38)36(27-23(40-3)9-6-10-24(27)41-4)28(34-17)18-7-5-8-21(13-18)39-2/h5-10,13-15,19,38H,1,11-12,16H2,2-4H3. The van der Waals surface area contributed by atoms with Crippen molar-refractivity contribution in [3.63, 3.8) is 0 Å². The average Bonchev–Trinajstić information content (AvgIpc) is 3.46. The zero-order valence-corrected chi connectivity index (χ0v) is 22.7. The highest BCUT2D eigenvalue weighted by Crippen LogP contribution is 2.43. The number of benzene rings is 2. The van der Waals surface area contributed by atoms with E-state index in [1.165, 1.54) is 31.1 Å². The van der Waals surface area contributed by atoms with E-state index >= 15 is 0 Å². The first-order valence-electron chi connectivity index (χ1n) is 12.7. The fraction of sp³-hybridized carbons (Fsp3) is 0.233. The minimum Gasteiger partial charge on any atom is -0.497 e. The van der Waals surface area contributed by atoms with Gasteiger partial charge in [0.15, 0.2) is 0 Å². The Hall–Kier alpha value is -4.93. The third-order valence-corrected chi connectivity index (χ3v) is 7.04. The first-order chi connectivity index (χ1) is 19.8. The zero-order valence-electron chi connectivity index (χ0n) is 22.7. The summed E-state index contributed by atoms with van der Waals surface area (Å²) in [6.07, 6.45) is 1.36. The van der Waals surface area contributed by atoms with Gasteiger partial charge in [0, 0.05) is 30.6 Å². The number of nitrogens with zero attached hydrogens (tertiary/aromatic N) is 4. The molecule has 11 heteroatoms. The Morgan fingerprint density at radius 3 is 2.41 bits per heavy atom. The van der Waals surface area contributed by atoms with Crippen LogP contribution in [0.15, 0.2) is 83.5 Å². The number of aliphatic hydroxyl groups is 1. The van der Waals surface area contributed by atoms with E-state index in [4.69, 9.17) is 14.2 Å². The topological polar surface area (TPSA) is 96.7 Å². The fourth-order valence-corrected chi connectivity index (χ4v) is 5.07. The van der Waals surface area contributed by atoms with Crippen molar-refractivity contribution in [3.05, 3.63) is 101 Å². The highest BCUT2D eigenvalue weighted by molar-refractivity contribution is 6.17. The molecular formula is C30H28F2N4O5. The number of methoxy groups -OCH3 is 3. The minimum absolute atomic E-state index is 0.0324. The first-order valence-corrected chi connectivity index (χ1v) is 12.7. The Morgan fingerprint density at radius 1 is 1.05 bits per heavy atom. The van der Waals surface area contributed by atoms with Crippen molar-refractivity contribution in [2.24, 2.45) is 4.99 Å². The molecule has 5 rings (SSSR count). The van der Waals surface area contributed by atoms with Gasteiger partial charge in [-0.3, -0.25) is 14.7 Å². The van der Waals surface area contributed by atoms with E-state index in [1.807, 2.05) is 0 Å². The summed E-state index contributed by atoms with van der Waals surface area (Å²) in [7, 11) is 4.49. The number of aliphatic imine (C=N–C) groups is 1. The summed E-state index contributed by atoms with van der Waals surface area (Å²) in [5, 5.41) is 11.8. The Kier molecular flexibility index (Phi) is 7.60. The number of carbonyl (C=O) groups excluding carboxylic acids is 1. The molecule has 0 saturated carbocycles. The molecule has 1 atom stereocenters. The van der Waals surface area contributed by atoms with Crippen molar-refractivity contribution in [2.45, 2.75) is 12.3 Å². The molecule has 1 fully saturated rings. The molecule has 1 aromatic heterocycles. The van der Waals surface area contributed by atoms with Gasteiger partial charge in [-0.1, -0.05) is 24.8 Å². The molecule has 3 aromatic rings. The summed E-state index contributed by atoms with van der Waals surface area (Å²) in [6, 6.07) is 12.9. The van der Waals surface area contributed by atoms with E-state index in [1.54, 1.807) is 42.5 Å². The lowest BCUT2D eigenvalue weighted by Crippen LogP contribution is -2.40. The van der Waals surface area contributed by atoms with Gasteiger partial charge >= 0.3 is 0 Å². The second-order valence-electron chi connectivity index (χ2n) is 9.42. The fourth-order valence-electron chi connectivity index (χ4n) is 5.07. The minimum atomic E-state index is -0.776. The Balaban J connectivity index is 1.58. The van der Waals surface area contributed by atoms with Crippen LogP contribution in [0.5, 0.6) is 17.2 Å². The molecule has 1 saturated heterocycles. The molecule has 0 bridgehead atoms. The number of hydrogen-bond acceptors (Lipinski definition) is 8. The lowest BCUT2D eigenvalue weighted by molar-refractivity contribution is -0.126. The quantitative estimate of drug-likeness (QED) is 0.435. The predicted molar refractivity (Wildman–Crippen MR) is 148 cm³/mol. The van der Waals surface area contributed by atoms with E-state index in [2.05, 4.69) is 16.6 Å². The Morgan fingerprint density at radius 2 is 1.76 bits per heavy atom. The van der Waals surface area contributed by atoms with Crippen molar-refractivity contribution in [3.8, 4) is 17.2 Å². The van der Waals surface area contributed by atoms with Gasteiger partial charge in [0.05, 0.1) is 38.9 Å². The Bertz CT molecular complexity index is 1570. The SMILES string of the molecule is C=C1N=C(c2cccc(OC)c2)N(c2c(OC)cccc2OC)C(O)=C1C(=O)N1CCC(c2ncc(F)cc2F)C1. The number of likely N-dealkylation sites (tertiary alicyclic amines) is 1. The maximum Gasteiger partial charge on any atom is 0.261 e. The van der Waals surface area contributed by atoms with Crippen LogP contribution >= 0.6 is 0 Å². The van der Waals surface area contributed by atoms with Crippen LogP contribution in [-0.4, -0.2) is 61.2 Å². The van der Waals surface area contributed by atoms with E-state index in [0.717, 1.165) is 12.3 Å². The number of pyridine rings is 1. The molecule has 2 aromatic carbocycles. The number of aromatic nitrogens is 1. The van der Waals surface area contributed by atoms with E-state index in [-0.39, 0.29) is 35.9 Å². The van der Waals surface area contributed by atoms with E-state index < -0.39 is 29.3 Å². The molecule has 1 unspecified atom stereocenters. The summed E-state index contributed by atoms with van der Waals surface area (Å²) >= 11 is 0. The largest absolute Gasteiger partial charge is 0.497 e. The number of hydrogen-bond donors (Lipinski definition) is 1. The molecule has 212 valence electrons. The summed E-state index contributed by atoms with van der Waals surface area (Å²) < 4.78 is 44.4. The summed E-state index contributed by atoms with van der Waals surface area (Å²) in [6.45, 7) is 4.36. The van der Waals surface area contributed by atoms with Crippen LogP contribution in [0.4, 0.5) is 14.5 Å². The summed E-state index contributed by atoms with van der Waals surface area (Å²) in [5.41, 5.74) is 0.853. The van der Waals surface area contributed by atoms with Crippen LogP contribution in [0.25, 0.3) is 0 Å². The predicted octanol–water partition coefficient (Wildman–Crippen LogP) is 4.95. The number of amidine groups is 1. The normalized spacial score (nSPS) is 17.0. The van der Waals surface area contributed by atoms with Crippen molar-refractivity contribution >= 4 is 17.4 Å². The highest BCUT2D eigenvalue weighted by Gasteiger charge is 2.39. The van der Waals surface area contributed by atoms with Gasteiger partial charge in [-0.05, 0) is 30.7 Å². The zero-order chi connectivity index (χ0) is 29.3. The molecule has 1 amide bonds.